The number of unbranched alkanes of at least 4 members (excludes halogenated alkanes) is 2. The third kappa shape index (κ3) is 29.0. The van der Waals surface area contributed by atoms with Crippen LogP contribution >= 0.6 is 37.0 Å². The molecular weight excluding hydrogens is 555 g/mol. The van der Waals surface area contributed by atoms with Crippen LogP contribution in [0.2, 0.25) is 0 Å². The average molecular weight is 613 g/mol. The lowest BCUT2D eigenvalue weighted by Crippen LogP contribution is -2.48. The molecule has 2 rings (SSSR count). The summed E-state index contributed by atoms with van der Waals surface area (Å²) >= 11 is 5.26. The average Bonchev–Trinajstić information content (AvgIpc) is 3.24. The monoisotopic (exact) mass is 611 g/mol. The Kier molecular flexibility index (Phi) is 31.1. The van der Waals surface area contributed by atoms with E-state index in [-0.39, 0.29) is 36.7 Å². The molecule has 0 saturated heterocycles. The third-order valence-electron chi connectivity index (χ3n) is 6.06. The quantitative estimate of drug-likeness (QED) is 0.0482. The number of thiocarbonyl (C=S) groups is 1. The second-order valence-corrected chi connectivity index (χ2v) is 10.1. The number of halogens is 2. The Balaban J connectivity index is -0.000000564. The van der Waals surface area contributed by atoms with E-state index in [4.69, 9.17) is 28.8 Å². The van der Waals surface area contributed by atoms with E-state index in [0.29, 0.717) is 18.0 Å². The molecule has 0 aromatic rings. The number of nitrogens with one attached hydrogen (secondary N) is 6. The van der Waals surface area contributed by atoms with Crippen LogP contribution in [0.15, 0.2) is 4.99 Å². The summed E-state index contributed by atoms with van der Waals surface area (Å²) in [5.74, 6) is 0.286. The summed E-state index contributed by atoms with van der Waals surface area (Å²) in [6, 6.07) is 1.06. The molecule has 2 aliphatic rings. The highest BCUT2D eigenvalue weighted by Crippen LogP contribution is 2.17. The van der Waals surface area contributed by atoms with E-state index in [2.05, 4.69) is 58.0 Å². The molecule has 2 saturated carbocycles. The highest BCUT2D eigenvalue weighted by molar-refractivity contribution is 7.80. The van der Waals surface area contributed by atoms with Crippen molar-refractivity contribution in [1.82, 2.24) is 21.3 Å². The van der Waals surface area contributed by atoms with Gasteiger partial charge in [0.15, 0.2) is 23.0 Å². The maximum absolute atomic E-state index is 7.31. The van der Waals surface area contributed by atoms with Crippen LogP contribution in [-0.2, 0) is 0 Å². The van der Waals surface area contributed by atoms with Gasteiger partial charge in [-0.3, -0.25) is 21.1 Å². The zero-order valence-corrected chi connectivity index (χ0v) is 26.6. The van der Waals surface area contributed by atoms with Crippen molar-refractivity contribution in [3.63, 3.8) is 0 Å². The third-order valence-corrected chi connectivity index (χ3v) is 6.32. The summed E-state index contributed by atoms with van der Waals surface area (Å²) in [7, 11) is 0. The molecule has 13 heteroatoms. The van der Waals surface area contributed by atoms with E-state index < -0.39 is 0 Å². The summed E-state index contributed by atoms with van der Waals surface area (Å²) in [4.78, 5) is 4.45. The van der Waals surface area contributed by atoms with Crippen LogP contribution in [-0.4, -0.2) is 48.2 Å². The Bertz CT molecular complexity index is 632. The second-order valence-electron chi connectivity index (χ2n) is 9.66. The summed E-state index contributed by atoms with van der Waals surface area (Å²) in [6.07, 6.45) is 20.9. The topological polar surface area (TPSA) is 186 Å². The van der Waals surface area contributed by atoms with Gasteiger partial charge in [-0.1, -0.05) is 52.4 Å². The first-order valence-corrected chi connectivity index (χ1v) is 14.6. The first kappa shape index (κ1) is 41.6. The Morgan fingerprint density at radius 1 is 0.846 bits per heavy atom. The van der Waals surface area contributed by atoms with Gasteiger partial charge in [-0.05, 0) is 50.7 Å². The zero-order chi connectivity index (χ0) is 27.7. The van der Waals surface area contributed by atoms with Crippen LogP contribution in [0, 0.1) is 17.2 Å². The molecular formula is C26H57Cl2N10S+. The largest absolute Gasteiger partial charge is 0.370 e. The predicted molar refractivity (Wildman–Crippen MR) is 177 cm³/mol. The fraction of sp³-hybridized carbons (Fsp3) is 0.808. The van der Waals surface area contributed by atoms with Crippen molar-refractivity contribution < 1.29 is 0 Å². The molecule has 0 aliphatic heterocycles. The fourth-order valence-corrected chi connectivity index (χ4v) is 4.36. The molecule has 2 aliphatic carbocycles. The molecule has 0 aromatic carbocycles. The van der Waals surface area contributed by atoms with Gasteiger partial charge >= 0.3 is 0 Å². The number of nitrogens with zero attached hydrogens (tertiary/aromatic N) is 1. The SMILES string of the molecule is CCCCN=C(NC(=N)N)NC1CCCCCC1.CCCCNC(=S)NC1CC[CH+]CCC1.Cl.Cl.N=C(N)N. The maximum atomic E-state index is 7.31. The van der Waals surface area contributed by atoms with Crippen LogP contribution in [0.4, 0.5) is 0 Å². The molecule has 12 N–H and O–H groups in total. The number of hydrogen-bond donors (Lipinski definition) is 9. The van der Waals surface area contributed by atoms with E-state index in [1.807, 2.05) is 0 Å². The van der Waals surface area contributed by atoms with Crippen molar-refractivity contribution in [2.24, 2.45) is 22.2 Å². The highest BCUT2D eigenvalue weighted by atomic mass is 35.5. The minimum atomic E-state index is -0.333. The minimum Gasteiger partial charge on any atom is -0.370 e. The van der Waals surface area contributed by atoms with Gasteiger partial charge in [0, 0.05) is 31.6 Å². The molecule has 2 fully saturated rings. The van der Waals surface area contributed by atoms with Crippen LogP contribution in [0.1, 0.15) is 110 Å². The maximum Gasteiger partial charge on any atom is 0.198 e. The van der Waals surface area contributed by atoms with Crippen LogP contribution in [0.25, 0.3) is 0 Å². The van der Waals surface area contributed by atoms with E-state index in [1.54, 1.807) is 0 Å². The van der Waals surface area contributed by atoms with E-state index >= 15 is 0 Å². The molecule has 0 spiro atoms. The summed E-state index contributed by atoms with van der Waals surface area (Å²) in [6.45, 7) is 6.12. The number of rotatable bonds is 8. The van der Waals surface area contributed by atoms with Crippen molar-refractivity contribution in [2.75, 3.05) is 13.1 Å². The first-order chi connectivity index (χ1) is 17.8. The van der Waals surface area contributed by atoms with Crippen LogP contribution in [0.3, 0.4) is 0 Å². The Morgan fingerprint density at radius 3 is 1.97 bits per heavy atom. The van der Waals surface area contributed by atoms with Gasteiger partial charge < -0.3 is 33.2 Å². The zero-order valence-electron chi connectivity index (χ0n) is 24.2. The Morgan fingerprint density at radius 2 is 1.41 bits per heavy atom. The molecule has 0 bridgehead atoms. The molecule has 230 valence electrons. The van der Waals surface area contributed by atoms with Gasteiger partial charge in [-0.15, -0.1) is 24.8 Å². The minimum absolute atomic E-state index is 0. The van der Waals surface area contributed by atoms with E-state index in [9.17, 15) is 0 Å². The number of aliphatic imine (C=N–C) groups is 1. The highest BCUT2D eigenvalue weighted by Gasteiger charge is 2.16. The summed E-state index contributed by atoms with van der Waals surface area (Å²) < 4.78 is 0. The molecule has 39 heavy (non-hydrogen) atoms. The van der Waals surface area contributed by atoms with Crippen LogP contribution < -0.4 is 38.5 Å². The lowest BCUT2D eigenvalue weighted by Gasteiger charge is -2.19. The lowest BCUT2D eigenvalue weighted by molar-refractivity contribution is 0.527. The molecule has 1 unspecified atom stereocenters. The predicted octanol–water partition coefficient (Wildman–Crippen LogP) is 4.41. The fourth-order valence-electron chi connectivity index (χ4n) is 4.09. The van der Waals surface area contributed by atoms with Crippen molar-refractivity contribution in [3.8, 4) is 0 Å². The molecule has 10 nitrogen and oxygen atoms in total. The molecule has 0 amide bonds. The van der Waals surface area contributed by atoms with Gasteiger partial charge in [-0.25, -0.2) is 0 Å². The Hall–Kier alpha value is -1.85. The van der Waals surface area contributed by atoms with Gasteiger partial charge in [0.1, 0.15) is 0 Å². The van der Waals surface area contributed by atoms with Gasteiger partial charge in [0.2, 0.25) is 0 Å². The normalized spacial score (nSPS) is 17.2. The first-order valence-electron chi connectivity index (χ1n) is 14.2. The second kappa shape index (κ2) is 29.1. The van der Waals surface area contributed by atoms with Crippen molar-refractivity contribution in [1.29, 1.82) is 10.8 Å². The van der Waals surface area contributed by atoms with Crippen LogP contribution in [0.5, 0.6) is 0 Å². The number of hydrogen-bond acceptors (Lipinski definition) is 4. The molecule has 1 atom stereocenters. The van der Waals surface area contributed by atoms with Crippen molar-refractivity contribution >= 4 is 60.0 Å². The standard InChI is InChI=1S/C13H27N5.C12H22N2S.CH5N3.2ClH/c1-2-3-10-16-13(18-12(14)15)17-11-8-6-4-5-7-9-11;1-2-3-10-13-12(15)14-11-8-6-4-5-7-9-11;2-1(3)4;;/h11H,2-10H2,1H3,(H5,14,15,16,17,18);4,11H,2-3,5-10H2,1H3,(H-,13,14,15);(H5,2,3,4);2*1H/p+1. The van der Waals surface area contributed by atoms with Gasteiger partial charge in [-0.2, -0.15) is 0 Å². The van der Waals surface area contributed by atoms with Gasteiger partial charge in [0.05, 0.1) is 19.3 Å². The molecule has 0 heterocycles. The number of nitrogens with two attached hydrogens (primary N) is 3. The molecule has 0 radical (unpaired) electrons. The van der Waals surface area contributed by atoms with Gasteiger partial charge in [0.25, 0.3) is 0 Å². The Labute approximate surface area is 255 Å². The van der Waals surface area contributed by atoms with E-state index in [0.717, 1.165) is 31.0 Å². The number of guanidine groups is 3. The summed E-state index contributed by atoms with van der Waals surface area (Å²) in [5, 5.41) is 27.1. The van der Waals surface area contributed by atoms with Crippen molar-refractivity contribution in [2.45, 2.75) is 122 Å². The lowest BCUT2D eigenvalue weighted by atomic mass is 10.1. The van der Waals surface area contributed by atoms with E-state index in [1.165, 1.54) is 83.5 Å². The summed E-state index contributed by atoms with van der Waals surface area (Å²) in [5.41, 5.74) is 14.3. The molecule has 0 aromatic heterocycles. The van der Waals surface area contributed by atoms with Crippen molar-refractivity contribution in [3.05, 3.63) is 6.42 Å². The smallest absolute Gasteiger partial charge is 0.198 e.